The molecule has 11 heteroatoms. The van der Waals surface area contributed by atoms with Crippen LogP contribution in [0.15, 0.2) is 28.7 Å². The van der Waals surface area contributed by atoms with Crippen molar-refractivity contribution in [2.75, 3.05) is 0 Å². The number of hydrogen-bond acceptors (Lipinski definition) is 1. The van der Waals surface area contributed by atoms with Gasteiger partial charge in [-0.15, -0.1) is 0 Å². The molecule has 0 aromatic heterocycles. The highest BCUT2D eigenvalue weighted by molar-refractivity contribution is 9.10. The molecule has 1 aromatic rings. The van der Waals surface area contributed by atoms with Gasteiger partial charge in [-0.2, -0.15) is 39.5 Å². The molecule has 0 aliphatic heterocycles. The van der Waals surface area contributed by atoms with Gasteiger partial charge in [-0.25, -0.2) is 0 Å². The largest absolute Gasteiger partial charge is 0.460 e. The summed E-state index contributed by atoms with van der Waals surface area (Å²) in [6, 6.07) is 3.36. The standard InChI is InChI=1S/C11H6BrF9O/c12-6-3-1-5(2-4-6)7(22)8(13,14)9(15,16)10(17,18)11(19,20)21/h1-4,7,22H/t7-/m0/s1. The molecule has 0 bridgehead atoms. The summed E-state index contributed by atoms with van der Waals surface area (Å²) >= 11 is 2.86. The normalized spacial score (nSPS) is 15.8. The van der Waals surface area contributed by atoms with E-state index in [0.717, 1.165) is 12.1 Å². The third kappa shape index (κ3) is 2.92. The minimum absolute atomic E-state index is 0.277. The van der Waals surface area contributed by atoms with Crippen LogP contribution in [0.3, 0.4) is 0 Å². The lowest BCUT2D eigenvalue weighted by molar-refractivity contribution is -0.406. The third-order valence-electron chi connectivity index (χ3n) is 2.70. The van der Waals surface area contributed by atoms with Crippen molar-refractivity contribution in [1.29, 1.82) is 0 Å². The molecule has 0 spiro atoms. The van der Waals surface area contributed by atoms with Crippen molar-refractivity contribution in [1.82, 2.24) is 0 Å². The molecule has 0 unspecified atom stereocenters. The maximum Gasteiger partial charge on any atom is 0.460 e. The Morgan fingerprint density at radius 3 is 1.55 bits per heavy atom. The Labute approximate surface area is 125 Å². The second kappa shape index (κ2) is 5.59. The van der Waals surface area contributed by atoms with E-state index < -0.39 is 35.6 Å². The summed E-state index contributed by atoms with van der Waals surface area (Å²) in [5.41, 5.74) is -0.953. The molecule has 1 N–H and O–H groups in total. The molecule has 0 heterocycles. The van der Waals surface area contributed by atoms with Gasteiger partial charge < -0.3 is 5.11 Å². The van der Waals surface area contributed by atoms with Crippen LogP contribution in [-0.2, 0) is 0 Å². The number of alkyl halides is 9. The summed E-state index contributed by atoms with van der Waals surface area (Å²) in [6.07, 6.45) is -10.5. The lowest BCUT2D eigenvalue weighted by Crippen LogP contribution is -2.62. The molecular formula is C11H6BrF9O. The molecule has 0 amide bonds. The quantitative estimate of drug-likeness (QED) is 0.704. The smallest absolute Gasteiger partial charge is 0.382 e. The van der Waals surface area contributed by atoms with Gasteiger partial charge in [0.1, 0.15) is 6.10 Å². The maximum atomic E-state index is 13.4. The van der Waals surface area contributed by atoms with Crippen molar-refractivity contribution in [3.8, 4) is 0 Å². The van der Waals surface area contributed by atoms with E-state index in [1.807, 2.05) is 0 Å². The summed E-state index contributed by atoms with van der Waals surface area (Å²) in [5, 5.41) is 9.16. The predicted octanol–water partition coefficient (Wildman–Crippen LogP) is 4.95. The predicted molar refractivity (Wildman–Crippen MR) is 60.0 cm³/mol. The van der Waals surface area contributed by atoms with Gasteiger partial charge in [-0.1, -0.05) is 28.1 Å². The second-order valence-electron chi connectivity index (χ2n) is 4.22. The number of aliphatic hydroxyl groups excluding tert-OH is 1. The first-order valence-corrected chi connectivity index (χ1v) is 6.09. The zero-order valence-electron chi connectivity index (χ0n) is 10.1. The second-order valence-corrected chi connectivity index (χ2v) is 5.14. The van der Waals surface area contributed by atoms with E-state index in [1.54, 1.807) is 0 Å². The first kappa shape index (κ1) is 19.1. The molecule has 0 aliphatic rings. The van der Waals surface area contributed by atoms with Gasteiger partial charge in [0, 0.05) is 4.47 Å². The highest BCUT2D eigenvalue weighted by atomic mass is 79.9. The Balaban J connectivity index is 3.29. The maximum absolute atomic E-state index is 13.4. The van der Waals surface area contributed by atoms with Gasteiger partial charge in [0.15, 0.2) is 0 Å². The van der Waals surface area contributed by atoms with Crippen LogP contribution >= 0.6 is 15.9 Å². The number of aliphatic hydroxyl groups is 1. The van der Waals surface area contributed by atoms with Crippen molar-refractivity contribution >= 4 is 15.9 Å². The molecule has 0 saturated carbocycles. The Bertz CT molecular complexity index is 523. The van der Waals surface area contributed by atoms with Gasteiger partial charge >= 0.3 is 23.9 Å². The molecule has 0 saturated heterocycles. The zero-order valence-corrected chi connectivity index (χ0v) is 11.7. The van der Waals surface area contributed by atoms with Gasteiger partial charge in [0.05, 0.1) is 0 Å². The molecule has 1 rings (SSSR count). The summed E-state index contributed by atoms with van der Waals surface area (Å²) in [7, 11) is 0. The summed E-state index contributed by atoms with van der Waals surface area (Å²) < 4.78 is 114. The van der Waals surface area contributed by atoms with Gasteiger partial charge in [-0.05, 0) is 17.7 Å². The highest BCUT2D eigenvalue weighted by Gasteiger charge is 2.83. The van der Waals surface area contributed by atoms with Crippen molar-refractivity contribution in [2.24, 2.45) is 0 Å². The van der Waals surface area contributed by atoms with Crippen LogP contribution in [0.4, 0.5) is 39.5 Å². The topological polar surface area (TPSA) is 20.2 Å². The Kier molecular flexibility index (Phi) is 4.85. The Hall–Kier alpha value is -0.970. The highest BCUT2D eigenvalue weighted by Crippen LogP contribution is 2.56. The van der Waals surface area contributed by atoms with Crippen LogP contribution in [0, 0.1) is 0 Å². The minimum Gasteiger partial charge on any atom is -0.382 e. The van der Waals surface area contributed by atoms with Crippen LogP contribution in [0.1, 0.15) is 11.7 Å². The van der Waals surface area contributed by atoms with Gasteiger partial charge in [0.2, 0.25) is 0 Å². The van der Waals surface area contributed by atoms with E-state index in [-0.39, 0.29) is 4.47 Å². The minimum atomic E-state index is -7.03. The molecule has 0 radical (unpaired) electrons. The molecule has 1 nitrogen and oxygen atoms in total. The van der Waals surface area contributed by atoms with Gasteiger partial charge in [-0.3, -0.25) is 0 Å². The van der Waals surface area contributed by atoms with Crippen molar-refractivity contribution in [3.05, 3.63) is 34.3 Å². The fourth-order valence-electron chi connectivity index (χ4n) is 1.41. The zero-order chi connectivity index (χ0) is 17.6. The van der Waals surface area contributed by atoms with E-state index >= 15 is 0 Å². The molecule has 1 atom stereocenters. The van der Waals surface area contributed by atoms with Crippen molar-refractivity contribution in [3.63, 3.8) is 0 Å². The third-order valence-corrected chi connectivity index (χ3v) is 3.23. The van der Waals surface area contributed by atoms with E-state index in [0.29, 0.717) is 12.1 Å². The monoisotopic (exact) mass is 404 g/mol. The first-order chi connectivity index (χ1) is 9.66. The molecule has 22 heavy (non-hydrogen) atoms. The first-order valence-electron chi connectivity index (χ1n) is 5.30. The van der Waals surface area contributed by atoms with Crippen LogP contribution in [0.25, 0.3) is 0 Å². The summed E-state index contributed by atoms with van der Waals surface area (Å²) in [5.74, 6) is -20.0. The molecular weight excluding hydrogens is 399 g/mol. The van der Waals surface area contributed by atoms with Gasteiger partial charge in [0.25, 0.3) is 0 Å². The number of rotatable bonds is 4. The molecule has 1 aromatic carbocycles. The summed E-state index contributed by atoms with van der Waals surface area (Å²) in [4.78, 5) is 0. The number of halogens is 10. The lowest BCUT2D eigenvalue weighted by atomic mass is 9.94. The Morgan fingerprint density at radius 2 is 1.18 bits per heavy atom. The van der Waals surface area contributed by atoms with Crippen LogP contribution in [-0.4, -0.2) is 29.1 Å². The average Bonchev–Trinajstić information content (AvgIpc) is 2.37. The molecule has 126 valence electrons. The fourth-order valence-corrected chi connectivity index (χ4v) is 1.68. The number of hydrogen-bond donors (Lipinski definition) is 1. The molecule has 0 aliphatic carbocycles. The van der Waals surface area contributed by atoms with E-state index in [2.05, 4.69) is 15.9 Å². The van der Waals surface area contributed by atoms with Crippen molar-refractivity contribution < 1.29 is 44.6 Å². The lowest BCUT2D eigenvalue weighted by Gasteiger charge is -2.35. The van der Waals surface area contributed by atoms with E-state index in [4.69, 9.17) is 5.11 Å². The summed E-state index contributed by atoms with van der Waals surface area (Å²) in [6.45, 7) is 0. The van der Waals surface area contributed by atoms with Crippen LogP contribution < -0.4 is 0 Å². The van der Waals surface area contributed by atoms with Crippen LogP contribution in [0.5, 0.6) is 0 Å². The number of benzene rings is 1. The Morgan fingerprint density at radius 1 is 0.773 bits per heavy atom. The van der Waals surface area contributed by atoms with E-state index in [1.165, 1.54) is 0 Å². The fraction of sp³-hybridized carbons (Fsp3) is 0.455. The average molecular weight is 405 g/mol. The SMILES string of the molecule is O[C@@H](c1ccc(Br)cc1)C(F)(F)C(F)(F)C(F)(F)C(F)(F)F. The van der Waals surface area contributed by atoms with E-state index in [9.17, 15) is 39.5 Å². The van der Waals surface area contributed by atoms with Crippen molar-refractivity contribution in [2.45, 2.75) is 30.0 Å². The molecule has 0 fully saturated rings. The van der Waals surface area contributed by atoms with Crippen LogP contribution in [0.2, 0.25) is 0 Å².